The van der Waals surface area contributed by atoms with Gasteiger partial charge < -0.3 is 14.9 Å². The van der Waals surface area contributed by atoms with E-state index in [1.807, 2.05) is 18.8 Å². The number of benzene rings is 1. The predicted molar refractivity (Wildman–Crippen MR) is 93.2 cm³/mol. The summed E-state index contributed by atoms with van der Waals surface area (Å²) < 4.78 is 4.10. The molecule has 2 aromatic heterocycles. The van der Waals surface area contributed by atoms with Crippen LogP contribution in [0.2, 0.25) is 0 Å². The van der Waals surface area contributed by atoms with Crippen molar-refractivity contribution < 1.29 is 0 Å². The van der Waals surface area contributed by atoms with Gasteiger partial charge in [0.2, 0.25) is 5.16 Å². The molecule has 0 radical (unpaired) electrons. The molecule has 1 aliphatic rings. The SMILES string of the molecule is CN(C)c1ccc(-c2nnc3n2NC(c2cccn2C)S3)cc1. The van der Waals surface area contributed by atoms with Crippen LogP contribution in [-0.4, -0.2) is 33.5 Å². The number of rotatable bonds is 3. The summed E-state index contributed by atoms with van der Waals surface area (Å²) in [7, 11) is 6.12. The van der Waals surface area contributed by atoms with Gasteiger partial charge in [0.15, 0.2) is 5.82 Å². The third-order valence-electron chi connectivity index (χ3n) is 4.00. The van der Waals surface area contributed by atoms with Gasteiger partial charge in [-0.05, 0) is 36.4 Å². The lowest BCUT2D eigenvalue weighted by atomic mass is 10.2. The van der Waals surface area contributed by atoms with Gasteiger partial charge in [-0.1, -0.05) is 11.8 Å². The number of aryl methyl sites for hydroxylation is 1. The first-order valence-corrected chi connectivity index (χ1v) is 8.29. The van der Waals surface area contributed by atoms with Crippen LogP contribution in [0.25, 0.3) is 11.4 Å². The Bertz CT molecular complexity index is 833. The van der Waals surface area contributed by atoms with Gasteiger partial charge >= 0.3 is 0 Å². The van der Waals surface area contributed by atoms with E-state index >= 15 is 0 Å². The minimum absolute atomic E-state index is 0.153. The maximum Gasteiger partial charge on any atom is 0.212 e. The highest BCUT2D eigenvalue weighted by molar-refractivity contribution is 7.99. The van der Waals surface area contributed by atoms with E-state index in [1.54, 1.807) is 11.8 Å². The summed E-state index contributed by atoms with van der Waals surface area (Å²) in [5.74, 6) is 0.842. The molecule has 0 saturated heterocycles. The van der Waals surface area contributed by atoms with Gasteiger partial charge in [-0.3, -0.25) is 0 Å². The molecule has 7 heteroatoms. The number of fused-ring (bicyclic) bond motifs is 1. The van der Waals surface area contributed by atoms with Gasteiger partial charge in [-0.2, -0.15) is 0 Å². The van der Waals surface area contributed by atoms with Crippen molar-refractivity contribution in [1.82, 2.24) is 19.4 Å². The molecule has 0 spiro atoms. The molecule has 0 fully saturated rings. The fourth-order valence-corrected chi connectivity index (χ4v) is 3.75. The van der Waals surface area contributed by atoms with Crippen LogP contribution in [0.15, 0.2) is 47.8 Å². The van der Waals surface area contributed by atoms with Gasteiger partial charge in [0.25, 0.3) is 0 Å². The van der Waals surface area contributed by atoms with E-state index in [9.17, 15) is 0 Å². The molecule has 0 aliphatic carbocycles. The number of aromatic nitrogens is 4. The molecule has 0 saturated carbocycles. The molecule has 1 aliphatic heterocycles. The van der Waals surface area contributed by atoms with Crippen molar-refractivity contribution in [3.05, 3.63) is 48.3 Å². The highest BCUT2D eigenvalue weighted by Gasteiger charge is 2.29. The van der Waals surface area contributed by atoms with Crippen molar-refractivity contribution in [2.24, 2.45) is 7.05 Å². The smallest absolute Gasteiger partial charge is 0.212 e. The molecule has 6 nitrogen and oxygen atoms in total. The molecule has 4 rings (SSSR count). The molecular weight excluding hydrogens is 308 g/mol. The second-order valence-electron chi connectivity index (χ2n) is 5.75. The number of hydrogen-bond acceptors (Lipinski definition) is 5. The maximum absolute atomic E-state index is 4.33. The first-order valence-electron chi connectivity index (χ1n) is 7.41. The highest BCUT2D eigenvalue weighted by atomic mass is 32.2. The second kappa shape index (κ2) is 5.34. The standard InChI is InChI=1S/C16H18N6S/c1-20(2)12-8-6-11(7-9-12)14-17-18-16-22(14)19-15(23-16)13-5-4-10-21(13)3/h4-10,15,19H,1-3H3. The average Bonchev–Trinajstić information content (AvgIpc) is 3.21. The highest BCUT2D eigenvalue weighted by Crippen LogP contribution is 2.40. The lowest BCUT2D eigenvalue weighted by Gasteiger charge is -2.14. The molecule has 3 aromatic rings. The summed E-state index contributed by atoms with van der Waals surface area (Å²) in [6.45, 7) is 0. The van der Waals surface area contributed by atoms with Crippen LogP contribution in [0, 0.1) is 0 Å². The summed E-state index contributed by atoms with van der Waals surface area (Å²) in [5, 5.41) is 9.69. The zero-order valence-electron chi connectivity index (χ0n) is 13.3. The molecule has 1 unspecified atom stereocenters. The number of nitrogens with zero attached hydrogens (tertiary/aromatic N) is 5. The minimum atomic E-state index is 0.153. The van der Waals surface area contributed by atoms with Crippen LogP contribution in [0.4, 0.5) is 5.69 Å². The lowest BCUT2D eigenvalue weighted by Crippen LogP contribution is -2.15. The van der Waals surface area contributed by atoms with Crippen molar-refractivity contribution >= 4 is 17.4 Å². The van der Waals surface area contributed by atoms with Crippen LogP contribution in [0.3, 0.4) is 0 Å². The summed E-state index contributed by atoms with van der Waals surface area (Å²) >= 11 is 1.68. The summed E-state index contributed by atoms with van der Waals surface area (Å²) in [4.78, 5) is 2.08. The van der Waals surface area contributed by atoms with Gasteiger partial charge in [-0.25, -0.2) is 4.68 Å². The maximum atomic E-state index is 4.33. The van der Waals surface area contributed by atoms with E-state index in [-0.39, 0.29) is 5.37 Å². The number of thioether (sulfide) groups is 1. The van der Waals surface area contributed by atoms with Crippen LogP contribution in [0.5, 0.6) is 0 Å². The fourth-order valence-electron chi connectivity index (χ4n) is 2.68. The number of nitrogens with one attached hydrogen (secondary N) is 1. The molecule has 1 aromatic carbocycles. The zero-order chi connectivity index (χ0) is 16.0. The molecule has 0 amide bonds. The monoisotopic (exact) mass is 326 g/mol. The largest absolute Gasteiger partial charge is 0.378 e. The van der Waals surface area contributed by atoms with Crippen LogP contribution < -0.4 is 10.3 Å². The normalized spacial score (nSPS) is 16.2. The van der Waals surface area contributed by atoms with E-state index < -0.39 is 0 Å². The average molecular weight is 326 g/mol. The molecule has 23 heavy (non-hydrogen) atoms. The van der Waals surface area contributed by atoms with Crippen LogP contribution in [0.1, 0.15) is 11.1 Å². The van der Waals surface area contributed by atoms with Crippen LogP contribution in [-0.2, 0) is 7.05 Å². The molecule has 3 heterocycles. The Hall–Kier alpha value is -2.41. The van der Waals surface area contributed by atoms with E-state index in [4.69, 9.17) is 0 Å². The predicted octanol–water partition coefficient (Wildman–Crippen LogP) is 2.70. The first-order chi connectivity index (χ1) is 11.1. The van der Waals surface area contributed by atoms with Gasteiger partial charge in [0, 0.05) is 38.6 Å². The lowest BCUT2D eigenvalue weighted by molar-refractivity contribution is 0.753. The Labute approximate surface area is 139 Å². The van der Waals surface area contributed by atoms with E-state index in [1.165, 1.54) is 11.4 Å². The summed E-state index contributed by atoms with van der Waals surface area (Å²) in [5.41, 5.74) is 6.92. The van der Waals surface area contributed by atoms with Crippen molar-refractivity contribution in [3.63, 3.8) is 0 Å². The topological polar surface area (TPSA) is 50.9 Å². The van der Waals surface area contributed by atoms with Crippen LogP contribution >= 0.6 is 11.8 Å². The van der Waals surface area contributed by atoms with Crippen molar-refractivity contribution in [2.75, 3.05) is 24.4 Å². The fraction of sp³-hybridized carbons (Fsp3) is 0.250. The Kier molecular flexibility index (Phi) is 3.30. The van der Waals surface area contributed by atoms with E-state index in [0.717, 1.165) is 16.5 Å². The van der Waals surface area contributed by atoms with Crippen molar-refractivity contribution in [1.29, 1.82) is 0 Å². The zero-order valence-corrected chi connectivity index (χ0v) is 14.1. The Balaban J connectivity index is 1.64. The molecule has 1 atom stereocenters. The Morgan fingerprint density at radius 3 is 2.57 bits per heavy atom. The molecule has 118 valence electrons. The summed E-state index contributed by atoms with van der Waals surface area (Å²) in [6, 6.07) is 12.5. The minimum Gasteiger partial charge on any atom is -0.378 e. The Morgan fingerprint density at radius 2 is 1.91 bits per heavy atom. The van der Waals surface area contributed by atoms with Crippen molar-refractivity contribution in [3.8, 4) is 11.4 Å². The third kappa shape index (κ3) is 2.37. The van der Waals surface area contributed by atoms with E-state index in [2.05, 4.69) is 74.7 Å². The van der Waals surface area contributed by atoms with Crippen molar-refractivity contribution in [2.45, 2.75) is 10.5 Å². The molecular formula is C16H18N6S. The quantitative estimate of drug-likeness (QED) is 0.802. The number of anilines is 1. The number of hydrogen-bond donors (Lipinski definition) is 1. The second-order valence-corrected chi connectivity index (χ2v) is 6.83. The first kappa shape index (κ1) is 14.2. The Morgan fingerprint density at radius 1 is 1.13 bits per heavy atom. The van der Waals surface area contributed by atoms with Gasteiger partial charge in [-0.15, -0.1) is 10.2 Å². The summed E-state index contributed by atoms with van der Waals surface area (Å²) in [6.07, 6.45) is 2.05. The van der Waals surface area contributed by atoms with Gasteiger partial charge in [0.1, 0.15) is 5.37 Å². The van der Waals surface area contributed by atoms with Gasteiger partial charge in [0.05, 0.1) is 5.69 Å². The molecule has 1 N–H and O–H groups in total. The van der Waals surface area contributed by atoms with E-state index in [0.29, 0.717) is 0 Å². The third-order valence-corrected chi connectivity index (χ3v) is 5.06. The molecule has 0 bridgehead atoms.